The molecule has 0 saturated heterocycles. The summed E-state index contributed by atoms with van der Waals surface area (Å²) >= 11 is 12.0. The van der Waals surface area contributed by atoms with Crippen LogP contribution < -0.4 is 10.6 Å². The van der Waals surface area contributed by atoms with Crippen molar-refractivity contribution in [2.45, 2.75) is 0 Å². The van der Waals surface area contributed by atoms with E-state index in [-0.39, 0.29) is 5.91 Å². The first-order valence-electron chi connectivity index (χ1n) is 6.55. The van der Waals surface area contributed by atoms with Crippen LogP contribution in [-0.2, 0) is 4.74 Å². The molecule has 0 radical (unpaired) electrons. The van der Waals surface area contributed by atoms with Crippen molar-refractivity contribution in [3.8, 4) is 0 Å². The Bertz CT molecular complexity index is 648. The molecule has 0 spiro atoms. The molecule has 0 atom stereocenters. The number of ether oxygens (including phenoxy) is 1. The van der Waals surface area contributed by atoms with E-state index in [0.29, 0.717) is 40.3 Å². The predicted octanol–water partition coefficient (Wildman–Crippen LogP) is 3.51. The van der Waals surface area contributed by atoms with Crippen LogP contribution in [-0.4, -0.2) is 31.2 Å². The van der Waals surface area contributed by atoms with E-state index >= 15 is 0 Å². The minimum absolute atomic E-state index is 0.246. The summed E-state index contributed by atoms with van der Waals surface area (Å²) in [4.78, 5) is 15.9. The average molecular weight is 340 g/mol. The number of carbonyl (C=O) groups is 1. The molecule has 0 aliphatic carbocycles. The molecule has 1 aromatic heterocycles. The molecule has 2 N–H and O–H groups in total. The molecule has 0 bridgehead atoms. The number of hydrogen-bond donors (Lipinski definition) is 2. The van der Waals surface area contributed by atoms with Crippen molar-refractivity contribution in [1.82, 2.24) is 10.3 Å². The van der Waals surface area contributed by atoms with Crippen LogP contribution in [0.15, 0.2) is 36.5 Å². The highest BCUT2D eigenvalue weighted by Gasteiger charge is 2.07. The summed E-state index contributed by atoms with van der Waals surface area (Å²) in [6, 6.07) is 8.51. The van der Waals surface area contributed by atoms with Crippen LogP contribution in [0.25, 0.3) is 0 Å². The quantitative estimate of drug-likeness (QED) is 0.790. The van der Waals surface area contributed by atoms with Crippen LogP contribution in [0.3, 0.4) is 0 Å². The monoisotopic (exact) mass is 339 g/mol. The fourth-order valence-electron chi connectivity index (χ4n) is 1.71. The molecule has 0 aliphatic rings. The van der Waals surface area contributed by atoms with Gasteiger partial charge in [0, 0.05) is 18.7 Å². The Morgan fingerprint density at radius 1 is 1.27 bits per heavy atom. The highest BCUT2D eigenvalue weighted by Crippen LogP contribution is 2.28. The number of anilines is 2. The molecule has 0 fully saturated rings. The molecule has 0 unspecified atom stereocenters. The lowest BCUT2D eigenvalue weighted by molar-refractivity contribution is 0.0932. The lowest BCUT2D eigenvalue weighted by Gasteiger charge is -2.09. The number of methoxy groups -OCH3 is 1. The van der Waals surface area contributed by atoms with E-state index < -0.39 is 0 Å². The van der Waals surface area contributed by atoms with Crippen molar-refractivity contribution >= 4 is 40.5 Å². The lowest BCUT2D eigenvalue weighted by atomic mass is 10.3. The molecule has 116 valence electrons. The molecular weight excluding hydrogens is 325 g/mol. The third-order valence-electron chi connectivity index (χ3n) is 2.80. The molecule has 2 aromatic rings. The number of halogens is 2. The van der Waals surface area contributed by atoms with Crippen LogP contribution in [0, 0.1) is 0 Å². The standard InChI is InChI=1S/C15H15Cl2N3O2/c1-22-7-6-18-15(21)13-5-3-11(9-19-13)20-14-8-10(16)2-4-12(14)17/h2-5,8-9,20H,6-7H2,1H3,(H,18,21). The zero-order valence-electron chi connectivity index (χ0n) is 11.9. The highest BCUT2D eigenvalue weighted by atomic mass is 35.5. The number of amides is 1. The molecular formula is C15H15Cl2N3O2. The third kappa shape index (κ3) is 4.59. The first-order chi connectivity index (χ1) is 10.6. The molecule has 2 rings (SSSR count). The summed E-state index contributed by atoms with van der Waals surface area (Å²) < 4.78 is 4.87. The molecule has 1 amide bonds. The summed E-state index contributed by atoms with van der Waals surface area (Å²) in [7, 11) is 1.58. The first-order valence-corrected chi connectivity index (χ1v) is 7.31. The number of benzene rings is 1. The largest absolute Gasteiger partial charge is 0.383 e. The lowest BCUT2D eigenvalue weighted by Crippen LogP contribution is -2.27. The second-order valence-electron chi connectivity index (χ2n) is 4.43. The van der Waals surface area contributed by atoms with Gasteiger partial charge in [0.05, 0.1) is 29.2 Å². The van der Waals surface area contributed by atoms with Gasteiger partial charge in [0.1, 0.15) is 5.69 Å². The molecule has 0 aliphatic heterocycles. The molecule has 0 saturated carbocycles. The maximum Gasteiger partial charge on any atom is 0.269 e. The summed E-state index contributed by atoms with van der Waals surface area (Å²) in [5.41, 5.74) is 1.71. The Balaban J connectivity index is 2.02. The van der Waals surface area contributed by atoms with Gasteiger partial charge in [-0.3, -0.25) is 4.79 Å². The van der Waals surface area contributed by atoms with E-state index in [1.807, 2.05) is 0 Å². The van der Waals surface area contributed by atoms with Gasteiger partial charge < -0.3 is 15.4 Å². The molecule has 1 heterocycles. The molecule has 1 aromatic carbocycles. The fraction of sp³-hybridized carbons (Fsp3) is 0.200. The van der Waals surface area contributed by atoms with Crippen molar-refractivity contribution in [2.75, 3.05) is 25.6 Å². The highest BCUT2D eigenvalue weighted by molar-refractivity contribution is 6.35. The van der Waals surface area contributed by atoms with Crippen molar-refractivity contribution in [3.05, 3.63) is 52.3 Å². The van der Waals surface area contributed by atoms with Crippen molar-refractivity contribution in [2.24, 2.45) is 0 Å². The van der Waals surface area contributed by atoms with Gasteiger partial charge in [-0.2, -0.15) is 0 Å². The smallest absolute Gasteiger partial charge is 0.269 e. The Labute approximate surface area is 138 Å². The predicted molar refractivity (Wildman–Crippen MR) is 88.2 cm³/mol. The number of carbonyl (C=O) groups excluding carboxylic acids is 1. The fourth-order valence-corrected chi connectivity index (χ4v) is 2.04. The number of nitrogens with one attached hydrogen (secondary N) is 2. The number of aromatic nitrogens is 1. The second kappa shape index (κ2) is 7.98. The number of rotatable bonds is 6. The maximum atomic E-state index is 11.8. The van der Waals surface area contributed by atoms with E-state index in [4.69, 9.17) is 27.9 Å². The average Bonchev–Trinajstić information content (AvgIpc) is 2.52. The van der Waals surface area contributed by atoms with E-state index in [2.05, 4.69) is 15.6 Å². The SMILES string of the molecule is COCCNC(=O)c1ccc(Nc2cc(Cl)ccc2Cl)cn1. The van der Waals surface area contributed by atoms with Crippen molar-refractivity contribution in [3.63, 3.8) is 0 Å². The summed E-state index contributed by atoms with van der Waals surface area (Å²) in [5.74, 6) is -0.246. The number of nitrogens with zero attached hydrogens (tertiary/aromatic N) is 1. The van der Waals surface area contributed by atoms with Crippen LogP contribution in [0.1, 0.15) is 10.5 Å². The van der Waals surface area contributed by atoms with E-state index in [1.54, 1.807) is 43.6 Å². The third-order valence-corrected chi connectivity index (χ3v) is 3.36. The van der Waals surface area contributed by atoms with Gasteiger partial charge in [0.2, 0.25) is 0 Å². The van der Waals surface area contributed by atoms with E-state index in [0.717, 1.165) is 0 Å². The molecule has 22 heavy (non-hydrogen) atoms. The van der Waals surface area contributed by atoms with Crippen LogP contribution >= 0.6 is 23.2 Å². The number of pyridine rings is 1. The van der Waals surface area contributed by atoms with Crippen molar-refractivity contribution < 1.29 is 9.53 Å². The Hall–Kier alpha value is -1.82. The summed E-state index contributed by atoms with van der Waals surface area (Å²) in [6.07, 6.45) is 1.56. The Kier molecular flexibility index (Phi) is 6.00. The first kappa shape index (κ1) is 16.5. The maximum absolute atomic E-state index is 11.8. The van der Waals surface area contributed by atoms with Gasteiger partial charge in [-0.15, -0.1) is 0 Å². The van der Waals surface area contributed by atoms with Gasteiger partial charge in [-0.25, -0.2) is 4.98 Å². The molecule has 7 heteroatoms. The van der Waals surface area contributed by atoms with Crippen molar-refractivity contribution in [1.29, 1.82) is 0 Å². The van der Waals surface area contributed by atoms with Gasteiger partial charge in [0.25, 0.3) is 5.91 Å². The Morgan fingerprint density at radius 2 is 2.09 bits per heavy atom. The minimum atomic E-state index is -0.246. The Morgan fingerprint density at radius 3 is 2.77 bits per heavy atom. The zero-order chi connectivity index (χ0) is 15.9. The van der Waals surface area contributed by atoms with Gasteiger partial charge in [-0.05, 0) is 30.3 Å². The second-order valence-corrected chi connectivity index (χ2v) is 5.27. The summed E-state index contributed by atoms with van der Waals surface area (Å²) in [6.45, 7) is 0.897. The van der Waals surface area contributed by atoms with Crippen LogP contribution in [0.5, 0.6) is 0 Å². The normalized spacial score (nSPS) is 10.3. The van der Waals surface area contributed by atoms with E-state index in [9.17, 15) is 4.79 Å². The minimum Gasteiger partial charge on any atom is -0.383 e. The number of hydrogen-bond acceptors (Lipinski definition) is 4. The summed E-state index contributed by atoms with van der Waals surface area (Å²) in [5, 5.41) is 6.93. The molecule has 5 nitrogen and oxygen atoms in total. The van der Waals surface area contributed by atoms with E-state index in [1.165, 1.54) is 0 Å². The van der Waals surface area contributed by atoms with Crippen LogP contribution in [0.4, 0.5) is 11.4 Å². The van der Waals surface area contributed by atoms with Gasteiger partial charge in [0.15, 0.2) is 0 Å². The zero-order valence-corrected chi connectivity index (χ0v) is 13.4. The van der Waals surface area contributed by atoms with Gasteiger partial charge >= 0.3 is 0 Å². The van der Waals surface area contributed by atoms with Crippen LogP contribution in [0.2, 0.25) is 10.0 Å². The topological polar surface area (TPSA) is 63.2 Å². The van der Waals surface area contributed by atoms with Gasteiger partial charge in [-0.1, -0.05) is 23.2 Å².